The summed E-state index contributed by atoms with van der Waals surface area (Å²) in [6.45, 7) is 5.52. The van der Waals surface area contributed by atoms with Gasteiger partial charge in [0.25, 0.3) is 0 Å². The van der Waals surface area contributed by atoms with E-state index in [0.29, 0.717) is 15.4 Å². The fraction of sp³-hybridized carbons (Fsp3) is 0.500. The van der Waals surface area contributed by atoms with Crippen LogP contribution in [0.1, 0.15) is 19.6 Å². The fourth-order valence-electron chi connectivity index (χ4n) is 0.947. The van der Waals surface area contributed by atoms with Crippen LogP contribution in [0.15, 0.2) is 14.2 Å². The highest BCUT2D eigenvalue weighted by Gasteiger charge is 2.18. The van der Waals surface area contributed by atoms with Gasteiger partial charge in [-0.25, -0.2) is 0 Å². The van der Waals surface area contributed by atoms with Crippen molar-refractivity contribution in [1.82, 2.24) is 4.74 Å². The van der Waals surface area contributed by atoms with Crippen molar-refractivity contribution < 1.29 is 9.32 Å². The lowest BCUT2D eigenvalue weighted by Gasteiger charge is -1.98. The number of carbonyl (C=O) groups excluding carboxylic acids is 1. The number of hydrogen-bond donors (Lipinski definition) is 0. The molecule has 0 spiro atoms. The summed E-state index contributed by atoms with van der Waals surface area (Å²) in [4.78, 5) is 22.7. The van der Waals surface area contributed by atoms with E-state index in [1.54, 1.807) is 6.92 Å². The average Bonchev–Trinajstić information content (AvgIpc) is 2.31. The van der Waals surface area contributed by atoms with Gasteiger partial charge in [0.1, 0.15) is 10.7 Å². The maximum absolute atomic E-state index is 11.5. The molecule has 0 saturated heterocycles. The third-order valence-corrected chi connectivity index (χ3v) is 2.76. The van der Waals surface area contributed by atoms with Crippen molar-refractivity contribution in [3.05, 3.63) is 16.1 Å². The van der Waals surface area contributed by atoms with E-state index in [1.165, 1.54) is 11.8 Å². The summed E-state index contributed by atoms with van der Waals surface area (Å²) in [5.74, 6) is 0.419. The molecule has 0 radical (unpaired) electrons. The second kappa shape index (κ2) is 4.23. The smallest absolute Gasteiger partial charge is 0.357 e. The van der Waals surface area contributed by atoms with Crippen molar-refractivity contribution in [2.75, 3.05) is 0 Å². The van der Waals surface area contributed by atoms with Crippen LogP contribution in [-0.2, 0) is 0 Å². The molecule has 0 aliphatic carbocycles. The molecular weight excluding hydrogens is 226 g/mol. The van der Waals surface area contributed by atoms with Gasteiger partial charge in [0, 0.05) is 5.25 Å². The van der Waals surface area contributed by atoms with E-state index in [9.17, 15) is 9.59 Å². The summed E-state index contributed by atoms with van der Waals surface area (Å²) in [6, 6.07) is 0. The monoisotopic (exact) mass is 235 g/mol. The lowest BCUT2D eigenvalue weighted by atomic mass is 10.5. The SMILES string of the molecule is Cc1on(C(=O)Cl)c(=O)c1SC(C)C. The Kier molecular flexibility index (Phi) is 3.44. The van der Waals surface area contributed by atoms with Crippen molar-refractivity contribution in [2.45, 2.75) is 30.9 Å². The zero-order valence-corrected chi connectivity index (χ0v) is 9.61. The number of carbonyl (C=O) groups is 1. The number of hydrogen-bond acceptors (Lipinski definition) is 4. The highest BCUT2D eigenvalue weighted by Crippen LogP contribution is 2.23. The predicted molar refractivity (Wildman–Crippen MR) is 55.3 cm³/mol. The minimum absolute atomic E-state index is 0.248. The van der Waals surface area contributed by atoms with Crippen molar-refractivity contribution in [3.8, 4) is 0 Å². The van der Waals surface area contributed by atoms with Crippen LogP contribution < -0.4 is 5.56 Å². The molecule has 0 amide bonds. The van der Waals surface area contributed by atoms with Crippen LogP contribution in [0.3, 0.4) is 0 Å². The second-order valence-electron chi connectivity index (χ2n) is 3.00. The Morgan fingerprint density at radius 3 is 2.50 bits per heavy atom. The van der Waals surface area contributed by atoms with E-state index >= 15 is 0 Å². The molecule has 0 aromatic carbocycles. The number of aromatic nitrogens is 1. The van der Waals surface area contributed by atoms with Crippen LogP contribution in [0.5, 0.6) is 0 Å². The van der Waals surface area contributed by atoms with Gasteiger partial charge in [0.15, 0.2) is 0 Å². The molecule has 1 heterocycles. The first-order valence-corrected chi connectivity index (χ1v) is 5.28. The van der Waals surface area contributed by atoms with Crippen molar-refractivity contribution in [2.24, 2.45) is 0 Å². The summed E-state index contributed by atoms with van der Waals surface area (Å²) in [7, 11) is 0. The van der Waals surface area contributed by atoms with Crippen molar-refractivity contribution in [3.63, 3.8) is 0 Å². The molecule has 6 heteroatoms. The number of rotatable bonds is 2. The zero-order valence-electron chi connectivity index (χ0n) is 8.04. The maximum atomic E-state index is 11.5. The predicted octanol–water partition coefficient (Wildman–Crippen LogP) is 2.46. The molecule has 1 aromatic rings. The molecule has 0 N–H and O–H groups in total. The van der Waals surface area contributed by atoms with Crippen LogP contribution in [0.2, 0.25) is 0 Å². The van der Waals surface area contributed by atoms with Gasteiger partial charge >= 0.3 is 10.9 Å². The first-order valence-electron chi connectivity index (χ1n) is 4.03. The van der Waals surface area contributed by atoms with Gasteiger partial charge in [-0.05, 0) is 18.5 Å². The molecule has 0 saturated carbocycles. The first-order chi connectivity index (χ1) is 6.43. The van der Waals surface area contributed by atoms with E-state index in [2.05, 4.69) is 0 Å². The van der Waals surface area contributed by atoms with Crippen LogP contribution in [0.4, 0.5) is 4.79 Å². The number of aryl methyl sites for hydroxylation is 1. The molecule has 0 fully saturated rings. The Labute approximate surface area is 90.2 Å². The van der Waals surface area contributed by atoms with Gasteiger partial charge in [0.05, 0.1) is 0 Å². The van der Waals surface area contributed by atoms with Crippen LogP contribution in [0, 0.1) is 6.92 Å². The Balaban J connectivity index is 3.18. The van der Waals surface area contributed by atoms with Gasteiger partial charge in [0.2, 0.25) is 0 Å². The van der Waals surface area contributed by atoms with E-state index in [0.717, 1.165) is 0 Å². The van der Waals surface area contributed by atoms with E-state index in [4.69, 9.17) is 16.1 Å². The molecule has 1 aromatic heterocycles. The molecule has 0 atom stereocenters. The minimum Gasteiger partial charge on any atom is -0.371 e. The minimum atomic E-state index is -0.922. The van der Waals surface area contributed by atoms with Gasteiger partial charge < -0.3 is 4.52 Å². The standard InChI is InChI=1S/C8H10ClNO3S/c1-4(2)14-6-5(3)13-10(7(6)11)8(9)12/h4H,1-3H3. The highest BCUT2D eigenvalue weighted by molar-refractivity contribution is 7.99. The van der Waals surface area contributed by atoms with Crippen LogP contribution in [-0.4, -0.2) is 15.4 Å². The first kappa shape index (κ1) is 11.4. The largest absolute Gasteiger partial charge is 0.371 e. The second-order valence-corrected chi connectivity index (χ2v) is 4.91. The zero-order chi connectivity index (χ0) is 10.9. The Morgan fingerprint density at radius 1 is 1.57 bits per heavy atom. The molecule has 0 aliphatic rings. The van der Waals surface area contributed by atoms with Crippen molar-refractivity contribution in [1.29, 1.82) is 0 Å². The molecule has 14 heavy (non-hydrogen) atoms. The quantitative estimate of drug-likeness (QED) is 0.584. The average molecular weight is 236 g/mol. The number of nitrogens with zero attached hydrogens (tertiary/aromatic N) is 1. The topological polar surface area (TPSA) is 52.2 Å². The molecule has 4 nitrogen and oxygen atoms in total. The Bertz CT molecular complexity index is 407. The summed E-state index contributed by atoms with van der Waals surface area (Å²) < 4.78 is 5.47. The van der Waals surface area contributed by atoms with E-state index in [1.807, 2.05) is 13.8 Å². The molecule has 78 valence electrons. The summed E-state index contributed by atoms with van der Waals surface area (Å²) in [6.07, 6.45) is 0. The summed E-state index contributed by atoms with van der Waals surface area (Å²) in [5.41, 5.74) is -0.485. The summed E-state index contributed by atoms with van der Waals surface area (Å²) in [5, 5.41) is -0.674. The van der Waals surface area contributed by atoms with Gasteiger partial charge in [-0.2, -0.15) is 0 Å². The molecule has 1 rings (SSSR count). The fourth-order valence-corrected chi connectivity index (χ4v) is 1.92. The lowest BCUT2D eigenvalue weighted by Crippen LogP contribution is -2.18. The van der Waals surface area contributed by atoms with Gasteiger partial charge in [-0.15, -0.1) is 11.8 Å². The number of thioether (sulfide) groups is 1. The van der Waals surface area contributed by atoms with Crippen LogP contribution >= 0.6 is 23.4 Å². The molecule has 0 unspecified atom stereocenters. The third-order valence-electron chi connectivity index (χ3n) is 1.44. The highest BCUT2D eigenvalue weighted by atomic mass is 35.5. The maximum Gasteiger partial charge on any atom is 0.357 e. The van der Waals surface area contributed by atoms with Gasteiger partial charge in [-0.1, -0.05) is 18.6 Å². The molecular formula is C8H10ClNO3S. The normalized spacial score (nSPS) is 10.9. The lowest BCUT2D eigenvalue weighted by molar-refractivity contribution is 0.226. The number of halogens is 1. The Hall–Kier alpha value is -0.680. The van der Waals surface area contributed by atoms with E-state index in [-0.39, 0.29) is 5.25 Å². The molecule has 0 aliphatic heterocycles. The molecule has 0 bridgehead atoms. The third kappa shape index (κ3) is 2.22. The van der Waals surface area contributed by atoms with E-state index < -0.39 is 10.9 Å². The van der Waals surface area contributed by atoms with Crippen LogP contribution in [0.25, 0.3) is 0 Å². The van der Waals surface area contributed by atoms with Gasteiger partial charge in [-0.3, -0.25) is 9.59 Å². The Morgan fingerprint density at radius 2 is 2.14 bits per heavy atom. The summed E-state index contributed by atoms with van der Waals surface area (Å²) >= 11 is 6.50. The van der Waals surface area contributed by atoms with Crippen molar-refractivity contribution >= 4 is 28.7 Å².